The van der Waals surface area contributed by atoms with Crippen LogP contribution >= 0.6 is 34.4 Å². The monoisotopic (exact) mass is 470 g/mol. The Hall–Kier alpha value is -2.49. The van der Waals surface area contributed by atoms with Crippen molar-refractivity contribution >= 4 is 50.6 Å². The van der Waals surface area contributed by atoms with Crippen molar-refractivity contribution in [2.24, 2.45) is 0 Å². The summed E-state index contributed by atoms with van der Waals surface area (Å²) in [5.41, 5.74) is 2.85. The third kappa shape index (κ3) is 4.89. The van der Waals surface area contributed by atoms with Gasteiger partial charge in [-0.25, -0.2) is 9.97 Å². The number of thioether (sulfide) groups is 1. The van der Waals surface area contributed by atoms with E-state index in [1.807, 2.05) is 56.5 Å². The Bertz CT molecular complexity index is 1280. The van der Waals surface area contributed by atoms with Gasteiger partial charge >= 0.3 is 0 Å². The Balaban J connectivity index is 1.33. The maximum atomic E-state index is 12.5. The first-order chi connectivity index (χ1) is 14.9. The summed E-state index contributed by atoms with van der Waals surface area (Å²) in [4.78, 5) is 38.8. The Labute approximate surface area is 192 Å². The average Bonchev–Trinajstić information content (AvgIpc) is 3.35. The van der Waals surface area contributed by atoms with Gasteiger partial charge in [-0.1, -0.05) is 30.3 Å². The molecule has 0 bridgehead atoms. The number of carbonyl (C=O) groups excluding carboxylic acids is 1. The average molecular weight is 471 g/mol. The number of hydrogen-bond acceptors (Lipinski definition) is 7. The van der Waals surface area contributed by atoms with Crippen LogP contribution in [0.3, 0.4) is 0 Å². The molecule has 1 atom stereocenters. The van der Waals surface area contributed by atoms with E-state index in [2.05, 4.69) is 20.3 Å². The van der Waals surface area contributed by atoms with Gasteiger partial charge in [-0.15, -0.1) is 34.4 Å². The molecular formula is C22H22N4O2S3. The second-order valence-electron chi connectivity index (χ2n) is 7.14. The van der Waals surface area contributed by atoms with E-state index in [0.717, 1.165) is 31.5 Å². The van der Waals surface area contributed by atoms with Crippen molar-refractivity contribution in [3.63, 3.8) is 0 Å². The number of amides is 1. The minimum absolute atomic E-state index is 0.0623. The lowest BCUT2D eigenvalue weighted by Crippen LogP contribution is -2.30. The summed E-state index contributed by atoms with van der Waals surface area (Å²) in [5, 5.41) is 6.21. The highest BCUT2D eigenvalue weighted by Gasteiger charge is 2.16. The maximum Gasteiger partial charge on any atom is 0.259 e. The van der Waals surface area contributed by atoms with Crippen LogP contribution in [0.2, 0.25) is 0 Å². The van der Waals surface area contributed by atoms with Crippen LogP contribution in [-0.2, 0) is 17.1 Å². The zero-order chi connectivity index (χ0) is 22.0. The van der Waals surface area contributed by atoms with Crippen molar-refractivity contribution in [1.29, 1.82) is 0 Å². The molecule has 0 aliphatic carbocycles. The molecule has 160 valence electrons. The molecule has 0 radical (unpaired) electrons. The molecule has 0 spiro atoms. The number of nitrogens with zero attached hydrogens (tertiary/aromatic N) is 2. The van der Waals surface area contributed by atoms with Crippen LogP contribution in [0.1, 0.15) is 28.2 Å². The molecule has 31 heavy (non-hydrogen) atoms. The highest BCUT2D eigenvalue weighted by atomic mass is 32.2. The Kier molecular flexibility index (Phi) is 6.54. The highest BCUT2D eigenvalue weighted by molar-refractivity contribution is 7.99. The number of thiazole rings is 1. The zero-order valence-electron chi connectivity index (χ0n) is 17.4. The molecule has 0 aliphatic heterocycles. The first-order valence-electron chi connectivity index (χ1n) is 9.80. The van der Waals surface area contributed by atoms with Gasteiger partial charge in [0.25, 0.3) is 5.56 Å². The lowest BCUT2D eigenvalue weighted by atomic mass is 10.2. The van der Waals surface area contributed by atoms with Gasteiger partial charge in [0.05, 0.1) is 28.6 Å². The molecule has 1 amide bonds. The fraction of sp³-hybridized carbons (Fsp3) is 0.273. The molecule has 2 N–H and O–H groups in total. The molecule has 1 unspecified atom stereocenters. The molecule has 1 aromatic carbocycles. The van der Waals surface area contributed by atoms with Crippen molar-refractivity contribution in [2.45, 2.75) is 38.3 Å². The van der Waals surface area contributed by atoms with Gasteiger partial charge in [-0.05, 0) is 26.3 Å². The third-order valence-corrected chi connectivity index (χ3v) is 8.07. The number of hydrogen-bond donors (Lipinski definition) is 2. The normalized spacial score (nSPS) is 12.2. The van der Waals surface area contributed by atoms with E-state index in [1.165, 1.54) is 34.4 Å². The van der Waals surface area contributed by atoms with Crippen LogP contribution in [0.15, 0.2) is 40.5 Å². The van der Waals surface area contributed by atoms with Gasteiger partial charge in [0, 0.05) is 15.8 Å². The lowest BCUT2D eigenvalue weighted by Gasteiger charge is -2.11. The number of fused-ring (bicyclic) bond motifs is 1. The van der Waals surface area contributed by atoms with Crippen LogP contribution in [0.4, 0.5) is 0 Å². The minimum Gasteiger partial charge on any atom is -0.349 e. The number of benzene rings is 1. The molecule has 0 saturated carbocycles. The van der Waals surface area contributed by atoms with Crippen molar-refractivity contribution in [3.05, 3.63) is 67.3 Å². The summed E-state index contributed by atoms with van der Waals surface area (Å²) < 4.78 is 0. The van der Waals surface area contributed by atoms with Crippen molar-refractivity contribution in [3.8, 4) is 11.3 Å². The Morgan fingerprint density at radius 3 is 2.77 bits per heavy atom. The number of carbonyl (C=O) groups is 1. The fourth-order valence-electron chi connectivity index (χ4n) is 3.09. The molecule has 0 saturated heterocycles. The standard InChI is InChI=1S/C22H22N4O2S3/c1-12-13(2)31-22-19(12)21(28)25-17(26-22)11-29-14(3)20(27)23-9-18-24-16(10-30-18)15-7-5-4-6-8-15/h4-8,10,14H,9,11H2,1-3H3,(H,23,27)(H,25,26,28). The molecule has 3 heterocycles. The number of rotatable bonds is 7. The van der Waals surface area contributed by atoms with Gasteiger partial charge in [0.15, 0.2) is 0 Å². The summed E-state index contributed by atoms with van der Waals surface area (Å²) >= 11 is 4.51. The predicted molar refractivity (Wildman–Crippen MR) is 130 cm³/mol. The first-order valence-corrected chi connectivity index (χ1v) is 12.5. The number of H-pyrrole nitrogens is 1. The minimum atomic E-state index is -0.277. The van der Waals surface area contributed by atoms with Gasteiger partial charge in [-0.3, -0.25) is 9.59 Å². The molecule has 3 aromatic heterocycles. The SMILES string of the molecule is Cc1sc2nc(CSC(C)C(=O)NCc3nc(-c4ccccc4)cs3)[nH]c(=O)c2c1C. The number of thiophene rings is 1. The van der Waals surface area contributed by atoms with E-state index in [0.29, 0.717) is 23.5 Å². The lowest BCUT2D eigenvalue weighted by molar-refractivity contribution is -0.120. The second-order valence-corrected chi connectivity index (χ2v) is 10.6. The zero-order valence-corrected chi connectivity index (χ0v) is 19.8. The first kappa shape index (κ1) is 21.7. The van der Waals surface area contributed by atoms with E-state index in [9.17, 15) is 9.59 Å². The van der Waals surface area contributed by atoms with E-state index in [1.54, 1.807) is 0 Å². The van der Waals surface area contributed by atoms with E-state index < -0.39 is 0 Å². The molecule has 6 nitrogen and oxygen atoms in total. The third-order valence-electron chi connectivity index (χ3n) is 4.96. The van der Waals surface area contributed by atoms with Crippen LogP contribution in [0.5, 0.6) is 0 Å². The smallest absolute Gasteiger partial charge is 0.259 e. The van der Waals surface area contributed by atoms with Gasteiger partial charge in [0.1, 0.15) is 15.7 Å². The number of nitrogens with one attached hydrogen (secondary N) is 2. The molecule has 9 heteroatoms. The second kappa shape index (κ2) is 9.33. The summed E-state index contributed by atoms with van der Waals surface area (Å²) in [5.74, 6) is 0.995. The molecule has 0 aliphatic rings. The number of aromatic amines is 1. The summed E-state index contributed by atoms with van der Waals surface area (Å²) in [7, 11) is 0. The van der Waals surface area contributed by atoms with Crippen LogP contribution in [-0.4, -0.2) is 26.1 Å². The molecule has 0 fully saturated rings. The fourth-order valence-corrected chi connectivity index (χ4v) is 5.66. The Morgan fingerprint density at radius 2 is 2.00 bits per heavy atom. The van der Waals surface area contributed by atoms with E-state index >= 15 is 0 Å². The van der Waals surface area contributed by atoms with Crippen molar-refractivity contribution < 1.29 is 4.79 Å². The molecule has 4 rings (SSSR count). The number of aromatic nitrogens is 3. The Morgan fingerprint density at radius 1 is 1.23 bits per heavy atom. The van der Waals surface area contributed by atoms with Crippen LogP contribution in [0, 0.1) is 13.8 Å². The van der Waals surface area contributed by atoms with Gasteiger partial charge in [0.2, 0.25) is 5.91 Å². The van der Waals surface area contributed by atoms with E-state index in [-0.39, 0.29) is 16.7 Å². The topological polar surface area (TPSA) is 87.7 Å². The summed E-state index contributed by atoms with van der Waals surface area (Å²) in [6, 6.07) is 9.97. The van der Waals surface area contributed by atoms with E-state index in [4.69, 9.17) is 0 Å². The molecule has 4 aromatic rings. The van der Waals surface area contributed by atoms with Crippen molar-refractivity contribution in [1.82, 2.24) is 20.3 Å². The van der Waals surface area contributed by atoms with Gasteiger partial charge in [-0.2, -0.15) is 0 Å². The van der Waals surface area contributed by atoms with Crippen LogP contribution < -0.4 is 10.9 Å². The molecular weight excluding hydrogens is 448 g/mol. The summed E-state index contributed by atoms with van der Waals surface area (Å²) in [6.45, 7) is 6.19. The van der Waals surface area contributed by atoms with Gasteiger partial charge < -0.3 is 10.3 Å². The van der Waals surface area contributed by atoms with Crippen molar-refractivity contribution in [2.75, 3.05) is 0 Å². The summed E-state index contributed by atoms with van der Waals surface area (Å²) in [6.07, 6.45) is 0. The predicted octanol–water partition coefficient (Wildman–Crippen LogP) is 4.66. The maximum absolute atomic E-state index is 12.5. The highest BCUT2D eigenvalue weighted by Crippen LogP contribution is 2.26. The quantitative estimate of drug-likeness (QED) is 0.410. The number of aryl methyl sites for hydroxylation is 2. The van der Waals surface area contributed by atoms with Crippen LogP contribution in [0.25, 0.3) is 21.5 Å². The largest absolute Gasteiger partial charge is 0.349 e.